The lowest BCUT2D eigenvalue weighted by molar-refractivity contribution is 0.592. The van der Waals surface area contributed by atoms with Gasteiger partial charge in [-0.2, -0.15) is 0 Å². The minimum Gasteiger partial charge on any atom is -0.308 e. The van der Waals surface area contributed by atoms with Crippen molar-refractivity contribution < 1.29 is 4.57 Å². The number of fused-ring (bicyclic) bond motifs is 2. The third-order valence-electron chi connectivity index (χ3n) is 7.98. The fourth-order valence-corrected chi connectivity index (χ4v) is 9.12. The monoisotopic (exact) mass is 544 g/mol. The Kier molecular flexibility index (Phi) is 5.41. The van der Waals surface area contributed by atoms with Gasteiger partial charge in [0.05, 0.1) is 16.7 Å². The van der Waals surface area contributed by atoms with Crippen molar-refractivity contribution in [1.82, 2.24) is 9.55 Å². The number of rotatable bonds is 4. The van der Waals surface area contributed by atoms with Crippen LogP contribution >= 0.6 is 7.14 Å². The van der Waals surface area contributed by atoms with Crippen LogP contribution in [0.25, 0.3) is 50.4 Å². The first-order valence-electron chi connectivity index (χ1n) is 13.8. The molecule has 2 heterocycles. The van der Waals surface area contributed by atoms with E-state index in [1.807, 2.05) is 78.9 Å². The van der Waals surface area contributed by atoms with E-state index in [0.29, 0.717) is 0 Å². The predicted octanol–water partition coefficient (Wildman–Crippen LogP) is 7.98. The molecule has 0 spiro atoms. The number of imidazole rings is 1. The van der Waals surface area contributed by atoms with Gasteiger partial charge in [-0.05, 0) is 64.7 Å². The molecule has 194 valence electrons. The van der Waals surface area contributed by atoms with E-state index in [4.69, 9.17) is 4.98 Å². The van der Waals surface area contributed by atoms with Gasteiger partial charge in [-0.1, -0.05) is 109 Å². The summed E-state index contributed by atoms with van der Waals surface area (Å²) in [6.45, 7) is 0. The number of benzene rings is 6. The van der Waals surface area contributed by atoms with Crippen LogP contribution in [0.4, 0.5) is 0 Å². The highest BCUT2D eigenvalue weighted by atomic mass is 31.2. The Morgan fingerprint density at radius 1 is 0.488 bits per heavy atom. The second-order valence-corrected chi connectivity index (χ2v) is 13.1. The van der Waals surface area contributed by atoms with Gasteiger partial charge >= 0.3 is 0 Å². The Morgan fingerprint density at radius 2 is 1.02 bits per heavy atom. The molecule has 1 unspecified atom stereocenters. The zero-order valence-electron chi connectivity index (χ0n) is 22.2. The SMILES string of the molecule is O=P1(c2ccccc2)c2ccccc2-n2c(-c3cc(-c4ccccc4)cc(-c4ccccc4)c3)nc3cccc1c32. The summed E-state index contributed by atoms with van der Waals surface area (Å²) in [4.78, 5) is 5.22. The molecule has 6 aromatic carbocycles. The fourth-order valence-electron chi connectivity index (χ4n) is 6.11. The standard InChI is InChI=1S/C37H25N2OP/c40-41(31-17-8-3-9-18-31)34-21-11-10-20-33(34)39-36-32(19-12-22-35(36)41)38-37(39)30-24-28(26-13-4-1-5-14-26)23-29(25-30)27-15-6-2-7-16-27/h1-25H. The highest BCUT2D eigenvalue weighted by molar-refractivity contribution is 7.86. The molecule has 1 aliphatic rings. The minimum atomic E-state index is -3.12. The van der Waals surface area contributed by atoms with Gasteiger partial charge in [0.25, 0.3) is 0 Å². The van der Waals surface area contributed by atoms with Crippen molar-refractivity contribution >= 4 is 34.1 Å². The Hall–Kier alpha value is -4.98. The van der Waals surface area contributed by atoms with Crippen LogP contribution in [0.3, 0.4) is 0 Å². The molecule has 0 radical (unpaired) electrons. The molecule has 0 saturated heterocycles. The van der Waals surface area contributed by atoms with Gasteiger partial charge in [-0.3, -0.25) is 4.57 Å². The molecule has 0 N–H and O–H groups in total. The fraction of sp³-hybridized carbons (Fsp3) is 0. The van der Waals surface area contributed by atoms with Gasteiger partial charge in [0.2, 0.25) is 0 Å². The lowest BCUT2D eigenvalue weighted by Gasteiger charge is -2.29. The van der Waals surface area contributed by atoms with E-state index in [-0.39, 0.29) is 0 Å². The Morgan fingerprint density at radius 3 is 1.68 bits per heavy atom. The predicted molar refractivity (Wildman–Crippen MR) is 170 cm³/mol. The summed E-state index contributed by atoms with van der Waals surface area (Å²) < 4.78 is 17.5. The Bertz CT molecular complexity index is 2060. The minimum absolute atomic E-state index is 0.834. The van der Waals surface area contributed by atoms with Gasteiger partial charge < -0.3 is 4.57 Å². The van der Waals surface area contributed by atoms with Gasteiger partial charge in [0, 0.05) is 21.5 Å². The van der Waals surface area contributed by atoms with E-state index in [2.05, 4.69) is 77.4 Å². The van der Waals surface area contributed by atoms with Crippen LogP contribution in [0.5, 0.6) is 0 Å². The number of hydrogen-bond acceptors (Lipinski definition) is 2. The lowest BCUT2D eigenvalue weighted by atomic mass is 9.96. The second-order valence-electron chi connectivity index (χ2n) is 10.4. The number of para-hydroxylation sites is 2. The Labute approximate surface area is 238 Å². The van der Waals surface area contributed by atoms with Gasteiger partial charge in [-0.25, -0.2) is 4.98 Å². The molecule has 0 bridgehead atoms. The molecular formula is C37H25N2OP. The number of hydrogen-bond donors (Lipinski definition) is 0. The van der Waals surface area contributed by atoms with E-state index in [1.165, 1.54) is 0 Å². The normalized spacial score (nSPS) is 15.5. The van der Waals surface area contributed by atoms with E-state index in [9.17, 15) is 0 Å². The van der Waals surface area contributed by atoms with Crippen LogP contribution in [0.15, 0.2) is 152 Å². The van der Waals surface area contributed by atoms with Crippen LogP contribution in [0.2, 0.25) is 0 Å². The van der Waals surface area contributed by atoms with Gasteiger partial charge in [-0.15, -0.1) is 0 Å². The van der Waals surface area contributed by atoms with Crippen LogP contribution in [0, 0.1) is 0 Å². The summed E-state index contributed by atoms with van der Waals surface area (Å²) in [6, 6.07) is 51.6. The van der Waals surface area contributed by atoms with Crippen LogP contribution < -0.4 is 15.9 Å². The summed E-state index contributed by atoms with van der Waals surface area (Å²) in [6.07, 6.45) is 0. The topological polar surface area (TPSA) is 34.9 Å². The lowest BCUT2D eigenvalue weighted by Crippen LogP contribution is -2.32. The Balaban J connectivity index is 1.45. The van der Waals surface area contributed by atoms with E-state index in [0.717, 1.165) is 66.3 Å². The molecule has 0 fully saturated rings. The average molecular weight is 545 g/mol. The first-order valence-corrected chi connectivity index (χ1v) is 15.5. The van der Waals surface area contributed by atoms with Crippen molar-refractivity contribution in [2.75, 3.05) is 0 Å². The van der Waals surface area contributed by atoms with Crippen molar-refractivity contribution in [2.24, 2.45) is 0 Å². The summed E-state index contributed by atoms with van der Waals surface area (Å²) in [5.41, 5.74) is 8.24. The van der Waals surface area contributed by atoms with Crippen LogP contribution in [-0.2, 0) is 4.57 Å². The van der Waals surface area contributed by atoms with Crippen molar-refractivity contribution in [3.8, 4) is 39.3 Å². The summed E-state index contributed by atoms with van der Waals surface area (Å²) in [5, 5.41) is 2.51. The average Bonchev–Trinajstić information content (AvgIpc) is 3.45. The highest BCUT2D eigenvalue weighted by Crippen LogP contribution is 2.50. The first kappa shape index (κ1) is 23.9. The maximum atomic E-state index is 15.2. The van der Waals surface area contributed by atoms with Crippen molar-refractivity contribution in [1.29, 1.82) is 0 Å². The van der Waals surface area contributed by atoms with Crippen molar-refractivity contribution in [3.63, 3.8) is 0 Å². The molecule has 8 rings (SSSR count). The first-order chi connectivity index (χ1) is 20.2. The van der Waals surface area contributed by atoms with E-state index in [1.54, 1.807) is 0 Å². The zero-order chi connectivity index (χ0) is 27.4. The van der Waals surface area contributed by atoms with E-state index >= 15 is 4.57 Å². The highest BCUT2D eigenvalue weighted by Gasteiger charge is 2.39. The van der Waals surface area contributed by atoms with Gasteiger partial charge in [0.15, 0.2) is 7.14 Å². The molecule has 1 aliphatic heterocycles. The summed E-state index contributed by atoms with van der Waals surface area (Å²) in [7, 11) is -3.12. The molecule has 4 heteroatoms. The number of aromatic nitrogens is 2. The van der Waals surface area contributed by atoms with Crippen LogP contribution in [-0.4, -0.2) is 9.55 Å². The zero-order valence-corrected chi connectivity index (χ0v) is 23.1. The third-order valence-corrected chi connectivity index (χ3v) is 11.1. The molecule has 1 atom stereocenters. The maximum absolute atomic E-state index is 15.2. The molecule has 3 nitrogen and oxygen atoms in total. The summed E-state index contributed by atoms with van der Waals surface area (Å²) >= 11 is 0. The molecule has 0 amide bonds. The molecule has 1 aromatic heterocycles. The largest absolute Gasteiger partial charge is 0.308 e. The second kappa shape index (κ2) is 9.30. The third kappa shape index (κ3) is 3.67. The van der Waals surface area contributed by atoms with Crippen molar-refractivity contribution in [3.05, 3.63) is 152 Å². The molecule has 0 aliphatic carbocycles. The smallest absolute Gasteiger partial charge is 0.175 e. The molecular weight excluding hydrogens is 519 g/mol. The molecule has 0 saturated carbocycles. The van der Waals surface area contributed by atoms with Crippen molar-refractivity contribution in [2.45, 2.75) is 0 Å². The maximum Gasteiger partial charge on any atom is 0.175 e. The summed E-state index contributed by atoms with van der Waals surface area (Å²) in [5.74, 6) is 0.842. The molecule has 7 aromatic rings. The van der Waals surface area contributed by atoms with Crippen LogP contribution in [0.1, 0.15) is 0 Å². The molecule has 41 heavy (non-hydrogen) atoms. The van der Waals surface area contributed by atoms with Gasteiger partial charge in [0.1, 0.15) is 5.82 Å². The van der Waals surface area contributed by atoms with E-state index < -0.39 is 7.14 Å². The quantitative estimate of drug-likeness (QED) is 0.211. The number of nitrogens with zero attached hydrogens (tertiary/aromatic N) is 2.